The molecule has 0 saturated carbocycles. The highest BCUT2D eigenvalue weighted by molar-refractivity contribution is 5.95. The molecule has 6 heteroatoms. The molecule has 0 aromatic heterocycles. The molecule has 1 heterocycles. The van der Waals surface area contributed by atoms with Crippen molar-refractivity contribution in [3.63, 3.8) is 0 Å². The zero-order chi connectivity index (χ0) is 20.0. The minimum Gasteiger partial charge on any atom is -0.427 e. The van der Waals surface area contributed by atoms with E-state index in [9.17, 15) is 14.4 Å². The van der Waals surface area contributed by atoms with Crippen LogP contribution in [-0.2, 0) is 9.59 Å². The number of carbonyl (C=O) groups excluding carboxylic acids is 3. The molecule has 0 unspecified atom stereocenters. The molecule has 1 N–H and O–H groups in total. The predicted octanol–water partition coefficient (Wildman–Crippen LogP) is 2.94. The van der Waals surface area contributed by atoms with Crippen LogP contribution in [0.25, 0.3) is 0 Å². The minimum atomic E-state index is -0.420. The van der Waals surface area contributed by atoms with Gasteiger partial charge in [-0.2, -0.15) is 0 Å². The van der Waals surface area contributed by atoms with Crippen molar-refractivity contribution in [2.45, 2.75) is 46.6 Å². The van der Waals surface area contributed by atoms with Crippen LogP contribution in [0.15, 0.2) is 36.4 Å². The number of carbonyl (C=O) groups is 3. The van der Waals surface area contributed by atoms with Crippen LogP contribution >= 0.6 is 0 Å². The Labute approximate surface area is 160 Å². The molecule has 1 aromatic rings. The normalized spacial score (nSPS) is 15.6. The first kappa shape index (κ1) is 20.7. The molecule has 1 aromatic carbocycles. The Morgan fingerprint density at radius 2 is 1.85 bits per heavy atom. The van der Waals surface area contributed by atoms with Crippen LogP contribution in [0.5, 0.6) is 5.75 Å². The topological polar surface area (TPSA) is 75.7 Å². The van der Waals surface area contributed by atoms with Gasteiger partial charge in [0.2, 0.25) is 5.91 Å². The Kier molecular flexibility index (Phi) is 6.77. The lowest BCUT2D eigenvalue weighted by molar-refractivity contribution is -0.131. The van der Waals surface area contributed by atoms with Crippen molar-refractivity contribution < 1.29 is 19.1 Å². The first-order valence-corrected chi connectivity index (χ1v) is 9.21. The number of piperidine rings is 1. The molecule has 2 amide bonds. The van der Waals surface area contributed by atoms with Gasteiger partial charge in [0.05, 0.1) is 0 Å². The summed E-state index contributed by atoms with van der Waals surface area (Å²) in [4.78, 5) is 37.5. The highest BCUT2D eigenvalue weighted by atomic mass is 16.5. The van der Waals surface area contributed by atoms with E-state index in [4.69, 9.17) is 4.74 Å². The molecular weight excluding hydrogens is 344 g/mol. The molecule has 146 valence electrons. The Hall–Kier alpha value is -2.63. The summed E-state index contributed by atoms with van der Waals surface area (Å²) in [6, 6.07) is 6.69. The fourth-order valence-corrected chi connectivity index (χ4v) is 2.84. The number of hydrogen-bond acceptors (Lipinski definition) is 4. The molecule has 1 aliphatic heterocycles. The fraction of sp³-hybridized carbons (Fsp3) is 0.476. The molecule has 0 spiro atoms. The number of benzene rings is 1. The largest absolute Gasteiger partial charge is 0.427 e. The quantitative estimate of drug-likeness (QED) is 0.501. The maximum Gasteiger partial charge on any atom is 0.308 e. The van der Waals surface area contributed by atoms with Gasteiger partial charge in [0, 0.05) is 31.6 Å². The number of rotatable bonds is 4. The SMILES string of the molecule is CC(=O)Oc1cccc(C(=O)N2CCC(NC(=O)/C=C/C(C)(C)C)CC2)c1. The van der Waals surface area contributed by atoms with Crippen molar-refractivity contribution >= 4 is 17.8 Å². The van der Waals surface area contributed by atoms with E-state index in [0.717, 1.165) is 0 Å². The maximum atomic E-state index is 12.7. The molecule has 0 radical (unpaired) electrons. The number of amides is 2. The first-order chi connectivity index (χ1) is 12.6. The first-order valence-electron chi connectivity index (χ1n) is 9.21. The smallest absolute Gasteiger partial charge is 0.308 e. The van der Waals surface area contributed by atoms with Gasteiger partial charge in [-0.15, -0.1) is 0 Å². The average molecular weight is 372 g/mol. The molecule has 1 saturated heterocycles. The average Bonchev–Trinajstić information content (AvgIpc) is 2.59. The van der Waals surface area contributed by atoms with Crippen LogP contribution in [0, 0.1) is 5.41 Å². The van der Waals surface area contributed by atoms with Crippen molar-refractivity contribution in [1.29, 1.82) is 0 Å². The summed E-state index contributed by atoms with van der Waals surface area (Å²) in [6.07, 6.45) is 4.89. The van der Waals surface area contributed by atoms with E-state index in [2.05, 4.69) is 5.32 Å². The lowest BCUT2D eigenvalue weighted by Gasteiger charge is -2.32. The number of nitrogens with one attached hydrogen (secondary N) is 1. The zero-order valence-corrected chi connectivity index (χ0v) is 16.5. The van der Waals surface area contributed by atoms with E-state index in [1.54, 1.807) is 35.2 Å². The summed E-state index contributed by atoms with van der Waals surface area (Å²) >= 11 is 0. The maximum absolute atomic E-state index is 12.7. The molecule has 0 aliphatic carbocycles. The van der Waals surface area contributed by atoms with Crippen LogP contribution < -0.4 is 10.1 Å². The van der Waals surface area contributed by atoms with Gasteiger partial charge in [0.1, 0.15) is 5.75 Å². The highest BCUT2D eigenvalue weighted by Gasteiger charge is 2.24. The second-order valence-corrected chi connectivity index (χ2v) is 7.90. The Balaban J connectivity index is 1.88. The molecule has 6 nitrogen and oxygen atoms in total. The summed E-state index contributed by atoms with van der Waals surface area (Å²) in [6.45, 7) is 8.59. The van der Waals surface area contributed by atoms with Crippen LogP contribution in [0.2, 0.25) is 0 Å². The number of allylic oxidation sites excluding steroid dienone is 1. The van der Waals surface area contributed by atoms with Crippen molar-refractivity contribution in [2.24, 2.45) is 5.41 Å². The number of esters is 1. The van der Waals surface area contributed by atoms with Gasteiger partial charge < -0.3 is 15.0 Å². The van der Waals surface area contributed by atoms with Gasteiger partial charge in [-0.05, 0) is 42.5 Å². The van der Waals surface area contributed by atoms with Gasteiger partial charge in [0.25, 0.3) is 5.91 Å². The summed E-state index contributed by atoms with van der Waals surface area (Å²) < 4.78 is 5.04. The molecule has 0 bridgehead atoms. The molecule has 1 fully saturated rings. The van der Waals surface area contributed by atoms with Gasteiger partial charge in [0.15, 0.2) is 0 Å². The lowest BCUT2D eigenvalue weighted by Crippen LogP contribution is -2.46. The summed E-state index contributed by atoms with van der Waals surface area (Å²) in [7, 11) is 0. The molecular formula is C21H28N2O4. The van der Waals surface area contributed by atoms with Gasteiger partial charge in [-0.25, -0.2) is 0 Å². The summed E-state index contributed by atoms with van der Waals surface area (Å²) in [5, 5.41) is 3.00. The Morgan fingerprint density at radius 3 is 2.44 bits per heavy atom. The summed E-state index contributed by atoms with van der Waals surface area (Å²) in [5.41, 5.74) is 0.456. The van der Waals surface area contributed by atoms with Crippen molar-refractivity contribution in [1.82, 2.24) is 10.2 Å². The third kappa shape index (κ3) is 6.89. The number of nitrogens with zero attached hydrogens (tertiary/aromatic N) is 1. The molecule has 0 atom stereocenters. The third-order valence-electron chi connectivity index (χ3n) is 4.21. The minimum absolute atomic E-state index is 0.0340. The fourth-order valence-electron chi connectivity index (χ4n) is 2.84. The molecule has 2 rings (SSSR count). The molecule has 1 aliphatic rings. The molecule has 27 heavy (non-hydrogen) atoms. The van der Waals surface area contributed by atoms with E-state index < -0.39 is 5.97 Å². The highest BCUT2D eigenvalue weighted by Crippen LogP contribution is 2.19. The lowest BCUT2D eigenvalue weighted by atomic mass is 9.96. The zero-order valence-electron chi connectivity index (χ0n) is 16.5. The van der Waals surface area contributed by atoms with E-state index in [-0.39, 0.29) is 23.3 Å². The van der Waals surface area contributed by atoms with Crippen molar-refractivity contribution in [3.05, 3.63) is 42.0 Å². The van der Waals surface area contributed by atoms with Crippen LogP contribution in [0.1, 0.15) is 50.9 Å². The standard InChI is InChI=1S/C21H28N2O4/c1-15(24)27-18-7-5-6-16(14-18)20(26)23-12-9-17(10-13-23)22-19(25)8-11-21(2,3)4/h5-8,11,14,17H,9-10,12-13H2,1-4H3,(H,22,25)/b11-8+. The van der Waals surface area contributed by atoms with Crippen molar-refractivity contribution in [2.75, 3.05) is 13.1 Å². The predicted molar refractivity (Wildman–Crippen MR) is 103 cm³/mol. The van der Waals surface area contributed by atoms with Crippen molar-refractivity contribution in [3.8, 4) is 5.75 Å². The Bertz CT molecular complexity index is 726. The Morgan fingerprint density at radius 1 is 1.19 bits per heavy atom. The van der Waals surface area contributed by atoms with E-state index >= 15 is 0 Å². The van der Waals surface area contributed by atoms with E-state index in [1.807, 2.05) is 26.8 Å². The second kappa shape index (κ2) is 8.84. The number of ether oxygens (including phenoxy) is 1. The summed E-state index contributed by atoms with van der Waals surface area (Å²) in [5.74, 6) is -0.247. The van der Waals surface area contributed by atoms with Gasteiger partial charge >= 0.3 is 5.97 Å². The van der Waals surface area contributed by atoms with E-state index in [0.29, 0.717) is 37.2 Å². The van der Waals surface area contributed by atoms with Crippen LogP contribution in [-0.4, -0.2) is 41.8 Å². The third-order valence-corrected chi connectivity index (χ3v) is 4.21. The number of hydrogen-bond donors (Lipinski definition) is 1. The second-order valence-electron chi connectivity index (χ2n) is 7.90. The number of likely N-dealkylation sites (tertiary alicyclic amines) is 1. The van der Waals surface area contributed by atoms with Crippen LogP contribution in [0.4, 0.5) is 0 Å². The van der Waals surface area contributed by atoms with Gasteiger partial charge in [-0.1, -0.05) is 32.9 Å². The van der Waals surface area contributed by atoms with Crippen LogP contribution in [0.3, 0.4) is 0 Å². The van der Waals surface area contributed by atoms with E-state index in [1.165, 1.54) is 6.92 Å². The van der Waals surface area contributed by atoms with Gasteiger partial charge in [-0.3, -0.25) is 14.4 Å². The monoisotopic (exact) mass is 372 g/mol.